The molecule has 1 heterocycles. The fourth-order valence-electron chi connectivity index (χ4n) is 0.332. The van der Waals surface area contributed by atoms with Gasteiger partial charge in [-0.25, -0.2) is 0 Å². The monoisotopic (exact) mass is 193 g/mol. The van der Waals surface area contributed by atoms with Crippen molar-refractivity contribution < 1.29 is 13.0 Å². The summed E-state index contributed by atoms with van der Waals surface area (Å²) >= 11 is 2.89. The second kappa shape index (κ2) is 2.82. The molecule has 48 valence electrons. The van der Waals surface area contributed by atoms with E-state index in [1.54, 1.807) is 0 Å². The van der Waals surface area contributed by atoms with Crippen LogP contribution in [0.1, 0.15) is 8.22 Å². The molecule has 1 rings (SSSR count). The van der Waals surface area contributed by atoms with Gasteiger partial charge in [-0.2, -0.15) is 0 Å². The Kier molecular flexibility index (Phi) is 0.701. The normalized spacial score (nSPS) is 20.1. The van der Waals surface area contributed by atoms with Crippen molar-refractivity contribution >= 4 is 15.9 Å². The summed E-state index contributed by atoms with van der Waals surface area (Å²) in [7, 11) is -2.72. The minimum atomic E-state index is -2.72. The molecular formula is C6H6BrNO. The SMILES string of the molecule is [2H]c1nc([2H])c(Br)c(OC([2H])([2H])[2H])c1[2H]. The molecule has 0 spiro atoms. The van der Waals surface area contributed by atoms with Crippen molar-refractivity contribution in [2.75, 3.05) is 7.04 Å². The van der Waals surface area contributed by atoms with Crippen molar-refractivity contribution in [2.24, 2.45) is 0 Å². The van der Waals surface area contributed by atoms with E-state index in [2.05, 4.69) is 25.7 Å². The van der Waals surface area contributed by atoms with Crippen molar-refractivity contribution in [1.82, 2.24) is 4.98 Å². The standard InChI is InChI=1S/C6H6BrNO/c1-9-6-2-3-8-4-5(6)7/h2-4H,1H3/i1D3,2D,3D,4D. The number of halogens is 1. The Balaban J connectivity index is 3.27. The average Bonchev–Trinajstić information content (AvgIpc) is 2.08. The molecule has 0 N–H and O–H groups in total. The maximum absolute atomic E-state index is 7.37. The molecule has 0 saturated carbocycles. The molecule has 0 aliphatic carbocycles. The summed E-state index contributed by atoms with van der Waals surface area (Å²) in [6, 6.07) is -0.464. The molecule has 0 aliphatic heterocycles. The van der Waals surface area contributed by atoms with Crippen molar-refractivity contribution in [3.05, 3.63) is 22.9 Å². The molecule has 0 fully saturated rings. The maximum atomic E-state index is 7.37. The lowest BCUT2D eigenvalue weighted by atomic mass is 10.5. The van der Waals surface area contributed by atoms with Gasteiger partial charge in [0.15, 0.2) is 0 Å². The van der Waals surface area contributed by atoms with Crippen LogP contribution in [0.3, 0.4) is 0 Å². The van der Waals surface area contributed by atoms with Gasteiger partial charge < -0.3 is 4.74 Å². The Hall–Kier alpha value is -0.570. The van der Waals surface area contributed by atoms with Gasteiger partial charge in [0.1, 0.15) is 5.75 Å². The molecule has 0 aliphatic rings. The van der Waals surface area contributed by atoms with E-state index in [4.69, 9.17) is 8.22 Å². The number of aromatic nitrogens is 1. The number of hydrogen-bond acceptors (Lipinski definition) is 2. The van der Waals surface area contributed by atoms with Crippen molar-refractivity contribution in [2.45, 2.75) is 0 Å². The van der Waals surface area contributed by atoms with E-state index in [0.29, 0.717) is 0 Å². The van der Waals surface area contributed by atoms with Crippen molar-refractivity contribution in [3.63, 3.8) is 0 Å². The van der Waals surface area contributed by atoms with Crippen LogP contribution in [0.25, 0.3) is 0 Å². The minimum Gasteiger partial charge on any atom is -0.495 e. The summed E-state index contributed by atoms with van der Waals surface area (Å²) in [6.45, 7) is 0. The predicted octanol–water partition coefficient (Wildman–Crippen LogP) is 1.85. The second-order valence-electron chi connectivity index (χ2n) is 1.21. The van der Waals surface area contributed by atoms with Gasteiger partial charge in [0, 0.05) is 12.3 Å². The Labute approximate surface area is 70.4 Å². The highest BCUT2D eigenvalue weighted by molar-refractivity contribution is 9.10. The Morgan fingerprint density at radius 3 is 3.67 bits per heavy atom. The first-order valence-corrected chi connectivity index (χ1v) is 2.84. The number of pyridine rings is 1. The van der Waals surface area contributed by atoms with Crippen LogP contribution >= 0.6 is 15.9 Å². The summed E-state index contributed by atoms with van der Waals surface area (Å²) in [4.78, 5) is 3.40. The van der Waals surface area contributed by atoms with E-state index in [1.807, 2.05) is 0 Å². The highest BCUT2D eigenvalue weighted by atomic mass is 79.9. The number of ether oxygens (including phenoxy) is 1. The molecule has 1 aromatic rings. The fraction of sp³-hybridized carbons (Fsp3) is 0.167. The Bertz CT molecular complexity index is 366. The zero-order valence-corrected chi connectivity index (χ0v) is 5.82. The molecule has 0 aromatic carbocycles. The molecule has 0 bridgehead atoms. The molecule has 0 unspecified atom stereocenters. The summed E-state index contributed by atoms with van der Waals surface area (Å²) in [5, 5.41) is 0. The molecule has 0 amide bonds. The molecule has 0 radical (unpaired) electrons. The summed E-state index contributed by atoms with van der Waals surface area (Å²) in [5.41, 5.74) is 0. The fourth-order valence-corrected chi connectivity index (χ4v) is 0.600. The molecule has 3 heteroatoms. The third-order valence-electron chi connectivity index (χ3n) is 0.681. The zero-order chi connectivity index (χ0) is 11.8. The molecule has 2 nitrogen and oxygen atoms in total. The second-order valence-corrected chi connectivity index (χ2v) is 2.00. The van der Waals surface area contributed by atoms with E-state index < -0.39 is 19.3 Å². The zero-order valence-electron chi connectivity index (χ0n) is 10.2. The first kappa shape index (κ1) is 2.23. The first-order chi connectivity index (χ1) is 6.72. The number of methoxy groups -OCH3 is 1. The van der Waals surface area contributed by atoms with Gasteiger partial charge in [-0.1, -0.05) is 0 Å². The highest BCUT2D eigenvalue weighted by Gasteiger charge is 1.94. The van der Waals surface area contributed by atoms with Crippen molar-refractivity contribution in [3.8, 4) is 5.75 Å². The number of nitrogens with zero attached hydrogens (tertiary/aromatic N) is 1. The van der Waals surface area contributed by atoms with Crippen LogP contribution in [0.4, 0.5) is 0 Å². The molecule has 0 atom stereocenters. The van der Waals surface area contributed by atoms with Gasteiger partial charge in [-0.15, -0.1) is 0 Å². The van der Waals surface area contributed by atoms with Crippen LogP contribution in [0.15, 0.2) is 22.9 Å². The minimum absolute atomic E-state index is 0.0420. The number of rotatable bonds is 1. The smallest absolute Gasteiger partial charge is 0.136 e. The maximum Gasteiger partial charge on any atom is 0.136 e. The summed E-state index contributed by atoms with van der Waals surface area (Å²) < 4.78 is 46.9. The van der Waals surface area contributed by atoms with Crippen LogP contribution in [0.2, 0.25) is 0 Å². The molecule has 1 aromatic heterocycles. The number of hydrogen-bond donors (Lipinski definition) is 0. The van der Waals surface area contributed by atoms with E-state index in [1.165, 1.54) is 0 Å². The topological polar surface area (TPSA) is 22.1 Å². The van der Waals surface area contributed by atoms with Gasteiger partial charge in [-0.05, 0) is 22.0 Å². The van der Waals surface area contributed by atoms with Crippen LogP contribution in [-0.4, -0.2) is 12.0 Å². The summed E-state index contributed by atoms with van der Waals surface area (Å²) in [5.74, 6) is -0.361. The largest absolute Gasteiger partial charge is 0.495 e. The molecule has 0 saturated heterocycles. The first-order valence-electron chi connectivity index (χ1n) is 5.04. The van der Waals surface area contributed by atoms with E-state index in [-0.39, 0.29) is 16.4 Å². The quantitative estimate of drug-likeness (QED) is 0.680. The van der Waals surface area contributed by atoms with Crippen LogP contribution < -0.4 is 4.74 Å². The van der Waals surface area contributed by atoms with Crippen LogP contribution in [0.5, 0.6) is 5.75 Å². The Morgan fingerprint density at radius 1 is 2.00 bits per heavy atom. The lowest BCUT2D eigenvalue weighted by molar-refractivity contribution is 0.411. The van der Waals surface area contributed by atoms with E-state index >= 15 is 0 Å². The van der Waals surface area contributed by atoms with Gasteiger partial charge in [0.2, 0.25) is 0 Å². The van der Waals surface area contributed by atoms with Gasteiger partial charge >= 0.3 is 0 Å². The Morgan fingerprint density at radius 2 is 2.89 bits per heavy atom. The predicted molar refractivity (Wildman–Crippen MR) is 38.5 cm³/mol. The van der Waals surface area contributed by atoms with Gasteiger partial charge in [0.05, 0.1) is 19.7 Å². The highest BCUT2D eigenvalue weighted by Crippen LogP contribution is 2.21. The van der Waals surface area contributed by atoms with E-state index in [0.717, 1.165) is 0 Å². The van der Waals surface area contributed by atoms with Crippen LogP contribution in [0, 0.1) is 0 Å². The van der Waals surface area contributed by atoms with E-state index in [9.17, 15) is 0 Å². The molecule has 9 heavy (non-hydrogen) atoms. The van der Waals surface area contributed by atoms with Crippen molar-refractivity contribution in [1.29, 1.82) is 0 Å². The van der Waals surface area contributed by atoms with Gasteiger partial charge in [0.25, 0.3) is 0 Å². The lowest BCUT2D eigenvalue weighted by Gasteiger charge is -1.98. The molecular weight excluding hydrogens is 182 g/mol. The third kappa shape index (κ3) is 1.42. The third-order valence-corrected chi connectivity index (χ3v) is 1.22. The van der Waals surface area contributed by atoms with Crippen LogP contribution in [-0.2, 0) is 0 Å². The van der Waals surface area contributed by atoms with Gasteiger partial charge in [-0.3, -0.25) is 4.98 Å². The summed E-state index contributed by atoms with van der Waals surface area (Å²) in [6.07, 6.45) is -0.835. The average molecular weight is 194 g/mol. The lowest BCUT2D eigenvalue weighted by Crippen LogP contribution is -1.83.